The van der Waals surface area contributed by atoms with Crippen LogP contribution in [-0.4, -0.2) is 41.7 Å². The minimum Gasteiger partial charge on any atom is -0.510 e. The van der Waals surface area contributed by atoms with Crippen LogP contribution >= 0.6 is 0 Å². The fraction of sp³-hybridized carbons (Fsp3) is 0.316. The first-order valence-corrected chi connectivity index (χ1v) is 8.20. The minimum atomic E-state index is -1.60. The molecule has 0 fully saturated rings. The highest BCUT2D eigenvalue weighted by Gasteiger charge is 2.59. The summed E-state index contributed by atoms with van der Waals surface area (Å²) in [6.45, 7) is 0. The Hall–Kier alpha value is -3.09. The number of ether oxygens (including phenoxy) is 2. The maximum absolute atomic E-state index is 13.1. The SMILES string of the molecule is COC(=O)C1=C(O)C2(C(=O)OC)C[C@H](C1)C(=O)n1c2cc2ccccc21. The van der Waals surface area contributed by atoms with Gasteiger partial charge in [-0.3, -0.25) is 14.2 Å². The summed E-state index contributed by atoms with van der Waals surface area (Å²) in [4.78, 5) is 38.0. The van der Waals surface area contributed by atoms with Crippen LogP contribution in [0.25, 0.3) is 10.9 Å². The van der Waals surface area contributed by atoms with Gasteiger partial charge in [-0.15, -0.1) is 0 Å². The summed E-state index contributed by atoms with van der Waals surface area (Å²) in [6.07, 6.45) is 0.0726. The molecule has 0 saturated carbocycles. The maximum atomic E-state index is 13.1. The van der Waals surface area contributed by atoms with Crippen molar-refractivity contribution in [3.8, 4) is 0 Å². The number of hydrogen-bond donors (Lipinski definition) is 1. The molecular formula is C19H17NO6. The average molecular weight is 355 g/mol. The molecule has 26 heavy (non-hydrogen) atoms. The summed E-state index contributed by atoms with van der Waals surface area (Å²) >= 11 is 0. The van der Waals surface area contributed by atoms with E-state index in [0.29, 0.717) is 11.2 Å². The van der Waals surface area contributed by atoms with Crippen LogP contribution in [0.1, 0.15) is 23.3 Å². The van der Waals surface area contributed by atoms with E-state index in [1.54, 1.807) is 18.2 Å². The molecule has 1 aromatic heterocycles. The van der Waals surface area contributed by atoms with Gasteiger partial charge in [-0.1, -0.05) is 18.2 Å². The van der Waals surface area contributed by atoms with E-state index in [1.165, 1.54) is 18.8 Å². The fourth-order valence-electron chi connectivity index (χ4n) is 4.19. The van der Waals surface area contributed by atoms with Gasteiger partial charge in [-0.2, -0.15) is 0 Å². The van der Waals surface area contributed by atoms with Crippen molar-refractivity contribution in [1.29, 1.82) is 0 Å². The number of esters is 2. The molecule has 0 radical (unpaired) electrons. The molecule has 2 aromatic rings. The van der Waals surface area contributed by atoms with E-state index in [4.69, 9.17) is 9.47 Å². The van der Waals surface area contributed by atoms with Gasteiger partial charge < -0.3 is 14.6 Å². The molecule has 0 amide bonds. The van der Waals surface area contributed by atoms with Crippen LogP contribution in [0, 0.1) is 5.92 Å². The van der Waals surface area contributed by atoms with Crippen molar-refractivity contribution in [1.82, 2.24) is 4.57 Å². The smallest absolute Gasteiger partial charge is 0.337 e. The van der Waals surface area contributed by atoms with E-state index in [9.17, 15) is 19.5 Å². The molecule has 1 aliphatic heterocycles. The Morgan fingerprint density at radius 3 is 2.65 bits per heavy atom. The molecule has 0 saturated heterocycles. The van der Waals surface area contributed by atoms with Crippen molar-refractivity contribution in [3.05, 3.63) is 47.4 Å². The molecule has 7 heteroatoms. The molecule has 1 aliphatic carbocycles. The second-order valence-electron chi connectivity index (χ2n) is 6.58. The van der Waals surface area contributed by atoms with Gasteiger partial charge in [-0.25, -0.2) is 4.79 Å². The highest BCUT2D eigenvalue weighted by molar-refractivity contribution is 6.04. The Balaban J connectivity index is 2.11. The standard InChI is InChI=1S/C19H17NO6/c1-25-17(23)12-7-11-9-19(15(12)21,18(24)26-2)14-8-10-5-3-4-6-13(10)20(14)16(11)22/h3-6,8,11,21H,7,9H2,1-2H3/t11-,19?/m0/s1. The lowest BCUT2D eigenvalue weighted by Crippen LogP contribution is -2.52. The first kappa shape index (κ1) is 16.4. The number of carbonyl (C=O) groups is 3. The predicted molar refractivity (Wildman–Crippen MR) is 90.7 cm³/mol. The van der Waals surface area contributed by atoms with Crippen LogP contribution in [0.5, 0.6) is 0 Å². The topological polar surface area (TPSA) is 94.8 Å². The number of rotatable bonds is 2. The number of benzene rings is 1. The minimum absolute atomic E-state index is 0.0159. The van der Waals surface area contributed by atoms with Gasteiger partial charge in [0.2, 0.25) is 5.91 Å². The highest BCUT2D eigenvalue weighted by atomic mass is 16.5. The van der Waals surface area contributed by atoms with Crippen LogP contribution in [0.15, 0.2) is 41.7 Å². The van der Waals surface area contributed by atoms with Gasteiger partial charge >= 0.3 is 11.9 Å². The van der Waals surface area contributed by atoms with Crippen LogP contribution in [0.4, 0.5) is 0 Å². The second kappa shape index (κ2) is 5.45. The van der Waals surface area contributed by atoms with Crippen molar-refractivity contribution in [2.24, 2.45) is 5.92 Å². The summed E-state index contributed by atoms with van der Waals surface area (Å²) < 4.78 is 11.2. The summed E-state index contributed by atoms with van der Waals surface area (Å²) in [7, 11) is 2.41. The normalized spacial score (nSPS) is 24.4. The zero-order chi connectivity index (χ0) is 18.6. The predicted octanol–water partition coefficient (Wildman–Crippen LogP) is 2.10. The average Bonchev–Trinajstić information content (AvgIpc) is 3.06. The molecule has 7 nitrogen and oxygen atoms in total. The third-order valence-electron chi connectivity index (χ3n) is 5.38. The van der Waals surface area contributed by atoms with Crippen molar-refractivity contribution in [2.75, 3.05) is 14.2 Å². The molecule has 1 unspecified atom stereocenters. The number of aliphatic hydroxyl groups excluding tert-OH is 1. The first-order valence-electron chi connectivity index (χ1n) is 8.20. The molecule has 0 spiro atoms. The Morgan fingerprint density at radius 1 is 1.23 bits per heavy atom. The first-order chi connectivity index (χ1) is 12.5. The molecule has 1 N–H and O–H groups in total. The third kappa shape index (κ3) is 1.85. The third-order valence-corrected chi connectivity index (χ3v) is 5.38. The van der Waals surface area contributed by atoms with E-state index in [-0.39, 0.29) is 24.3 Å². The van der Waals surface area contributed by atoms with Gasteiger partial charge in [0, 0.05) is 11.3 Å². The fourth-order valence-corrected chi connectivity index (χ4v) is 4.19. The van der Waals surface area contributed by atoms with Gasteiger partial charge in [0.05, 0.1) is 31.0 Å². The second-order valence-corrected chi connectivity index (χ2v) is 6.58. The Labute approximate surface area is 148 Å². The van der Waals surface area contributed by atoms with E-state index in [2.05, 4.69) is 0 Å². The number of hydrogen-bond acceptors (Lipinski definition) is 6. The number of nitrogens with zero attached hydrogens (tertiary/aromatic N) is 1. The van der Waals surface area contributed by atoms with Crippen molar-refractivity contribution < 1.29 is 29.0 Å². The van der Waals surface area contributed by atoms with Crippen LogP contribution < -0.4 is 0 Å². The maximum Gasteiger partial charge on any atom is 0.337 e. The van der Waals surface area contributed by atoms with E-state index in [1.807, 2.05) is 12.1 Å². The molecule has 2 bridgehead atoms. The number of aromatic nitrogens is 1. The number of carbonyl (C=O) groups excluding carboxylic acids is 3. The number of aliphatic hydroxyl groups is 1. The Morgan fingerprint density at radius 2 is 1.96 bits per heavy atom. The van der Waals surface area contributed by atoms with E-state index >= 15 is 0 Å². The quantitative estimate of drug-likeness (QED) is 0.829. The van der Waals surface area contributed by atoms with Gasteiger partial charge in [-0.05, 0) is 25.0 Å². The number of fused-ring (bicyclic) bond motifs is 6. The molecule has 2 atom stereocenters. The van der Waals surface area contributed by atoms with Gasteiger partial charge in [0.25, 0.3) is 0 Å². The van der Waals surface area contributed by atoms with Gasteiger partial charge in [0.1, 0.15) is 5.76 Å². The molecule has 2 aliphatic rings. The summed E-state index contributed by atoms with van der Waals surface area (Å²) in [5.41, 5.74) is -0.696. The van der Waals surface area contributed by atoms with E-state index in [0.717, 1.165) is 5.39 Å². The van der Waals surface area contributed by atoms with Crippen LogP contribution in [-0.2, 0) is 24.5 Å². The molecule has 2 heterocycles. The Kier molecular flexibility index (Phi) is 3.44. The highest BCUT2D eigenvalue weighted by Crippen LogP contribution is 2.51. The van der Waals surface area contributed by atoms with Crippen molar-refractivity contribution in [2.45, 2.75) is 18.3 Å². The van der Waals surface area contributed by atoms with E-state index < -0.39 is 29.0 Å². The summed E-state index contributed by atoms with van der Waals surface area (Å²) in [5, 5.41) is 11.7. The van der Waals surface area contributed by atoms with Gasteiger partial charge in [0.15, 0.2) is 5.41 Å². The Bertz CT molecular complexity index is 1000. The van der Waals surface area contributed by atoms with Crippen LogP contribution in [0.3, 0.4) is 0 Å². The van der Waals surface area contributed by atoms with Crippen LogP contribution in [0.2, 0.25) is 0 Å². The lowest BCUT2D eigenvalue weighted by molar-refractivity contribution is -0.149. The lowest BCUT2D eigenvalue weighted by Gasteiger charge is -2.42. The zero-order valence-corrected chi connectivity index (χ0v) is 14.3. The molecule has 1 aromatic carbocycles. The van der Waals surface area contributed by atoms with Crippen molar-refractivity contribution >= 4 is 28.7 Å². The molecular weight excluding hydrogens is 338 g/mol. The summed E-state index contributed by atoms with van der Waals surface area (Å²) in [6, 6.07) is 8.92. The number of methoxy groups -OCH3 is 2. The zero-order valence-electron chi connectivity index (χ0n) is 14.3. The summed E-state index contributed by atoms with van der Waals surface area (Å²) in [5.74, 6) is -2.71. The molecule has 4 rings (SSSR count). The monoisotopic (exact) mass is 355 g/mol. The van der Waals surface area contributed by atoms with Crippen molar-refractivity contribution in [3.63, 3.8) is 0 Å². The number of para-hydroxylation sites is 1. The largest absolute Gasteiger partial charge is 0.510 e. The lowest BCUT2D eigenvalue weighted by atomic mass is 9.65. The molecule has 134 valence electrons.